The summed E-state index contributed by atoms with van der Waals surface area (Å²) in [7, 11) is -0.656. The minimum absolute atomic E-state index is 0.0139. The lowest BCUT2D eigenvalue weighted by Crippen LogP contribution is -2.38. The van der Waals surface area contributed by atoms with Crippen LogP contribution in [0.2, 0.25) is 0 Å². The van der Waals surface area contributed by atoms with E-state index < -0.39 is 10.0 Å². The third-order valence-corrected chi connectivity index (χ3v) is 6.90. The maximum absolute atomic E-state index is 13.0. The van der Waals surface area contributed by atoms with Crippen LogP contribution in [0.25, 0.3) is 11.5 Å². The Kier molecular flexibility index (Phi) is 5.29. The van der Waals surface area contributed by atoms with Crippen molar-refractivity contribution >= 4 is 10.0 Å². The maximum atomic E-state index is 13.0. The van der Waals surface area contributed by atoms with Crippen LogP contribution in [0.4, 0.5) is 0 Å². The first-order chi connectivity index (χ1) is 14.0. The zero-order valence-electron chi connectivity index (χ0n) is 16.1. The van der Waals surface area contributed by atoms with Crippen molar-refractivity contribution in [1.29, 1.82) is 0 Å². The van der Waals surface area contributed by atoms with E-state index in [2.05, 4.69) is 10.2 Å². The number of nitrogens with zero attached hydrogens (tertiary/aromatic N) is 3. The highest BCUT2D eigenvalue weighted by Gasteiger charge is 2.32. The molecule has 154 valence electrons. The Balaban J connectivity index is 1.46. The van der Waals surface area contributed by atoms with Gasteiger partial charge < -0.3 is 18.3 Å². The van der Waals surface area contributed by atoms with Gasteiger partial charge >= 0.3 is 0 Å². The van der Waals surface area contributed by atoms with Crippen molar-refractivity contribution in [2.24, 2.45) is 0 Å². The van der Waals surface area contributed by atoms with Crippen molar-refractivity contribution in [2.45, 2.75) is 23.7 Å². The van der Waals surface area contributed by atoms with E-state index in [0.717, 1.165) is 5.56 Å². The molecule has 3 aromatic rings. The summed E-state index contributed by atoms with van der Waals surface area (Å²) in [4.78, 5) is 0.175. The van der Waals surface area contributed by atoms with Crippen LogP contribution in [0.15, 0.2) is 50.5 Å². The van der Waals surface area contributed by atoms with E-state index in [1.54, 1.807) is 12.1 Å². The normalized spacial score (nSPS) is 16.1. The fourth-order valence-corrected chi connectivity index (χ4v) is 4.86. The van der Waals surface area contributed by atoms with Crippen molar-refractivity contribution in [2.75, 3.05) is 27.3 Å². The molecule has 1 fully saturated rings. The van der Waals surface area contributed by atoms with Gasteiger partial charge in [-0.2, -0.15) is 4.31 Å². The topological polar surface area (TPSA) is 108 Å². The lowest BCUT2D eigenvalue weighted by molar-refractivity contribution is 0.291. The number of benzene rings is 1. The number of furan rings is 1. The van der Waals surface area contributed by atoms with Crippen molar-refractivity contribution in [1.82, 2.24) is 14.5 Å². The molecule has 9 nitrogen and oxygen atoms in total. The standard InChI is InChI=1S/C19H21N3O6S/c1-25-16-4-3-15(11-17(16)26-2)29(23,24)22-8-5-13(6-9-22)18-20-21-19(28-18)14-7-10-27-12-14/h3-4,7,10-13H,5-6,8-9H2,1-2H3. The number of piperidine rings is 1. The Bertz CT molecular complexity index is 1070. The van der Waals surface area contributed by atoms with Gasteiger partial charge in [-0.25, -0.2) is 8.42 Å². The van der Waals surface area contributed by atoms with Gasteiger partial charge in [0.15, 0.2) is 11.5 Å². The van der Waals surface area contributed by atoms with Gasteiger partial charge in [0.05, 0.1) is 30.9 Å². The molecule has 29 heavy (non-hydrogen) atoms. The van der Waals surface area contributed by atoms with E-state index in [4.69, 9.17) is 18.3 Å². The molecule has 1 aliphatic heterocycles. The Morgan fingerprint density at radius 2 is 1.83 bits per heavy atom. The molecule has 2 aromatic heterocycles. The fourth-order valence-electron chi connectivity index (χ4n) is 3.37. The Hall–Kier alpha value is -2.85. The number of hydrogen-bond donors (Lipinski definition) is 0. The third-order valence-electron chi connectivity index (χ3n) is 5.00. The van der Waals surface area contributed by atoms with Gasteiger partial charge in [-0.05, 0) is 31.0 Å². The van der Waals surface area contributed by atoms with Crippen LogP contribution in [-0.4, -0.2) is 50.2 Å². The first-order valence-electron chi connectivity index (χ1n) is 9.11. The minimum atomic E-state index is -3.64. The molecule has 0 unspecified atom stereocenters. The summed E-state index contributed by atoms with van der Waals surface area (Å²) in [5, 5.41) is 8.18. The molecule has 0 atom stereocenters. The lowest BCUT2D eigenvalue weighted by atomic mass is 9.98. The summed E-state index contributed by atoms with van der Waals surface area (Å²) in [6.45, 7) is 0.732. The summed E-state index contributed by atoms with van der Waals surface area (Å²) >= 11 is 0. The number of hydrogen-bond acceptors (Lipinski definition) is 8. The minimum Gasteiger partial charge on any atom is -0.493 e. The quantitative estimate of drug-likeness (QED) is 0.600. The smallest absolute Gasteiger partial charge is 0.250 e. The third kappa shape index (κ3) is 3.73. The second-order valence-corrected chi connectivity index (χ2v) is 8.59. The molecule has 0 aliphatic carbocycles. The highest BCUT2D eigenvalue weighted by atomic mass is 32.2. The second kappa shape index (κ2) is 7.88. The van der Waals surface area contributed by atoms with Crippen molar-refractivity contribution < 1.29 is 26.7 Å². The lowest BCUT2D eigenvalue weighted by Gasteiger charge is -2.29. The van der Waals surface area contributed by atoms with Gasteiger partial charge in [0, 0.05) is 25.1 Å². The zero-order chi connectivity index (χ0) is 20.4. The molecule has 0 bridgehead atoms. The molecule has 1 saturated heterocycles. The number of aromatic nitrogens is 2. The summed E-state index contributed by atoms with van der Waals surface area (Å²) in [5.41, 5.74) is 0.720. The predicted octanol–water partition coefficient (Wildman–Crippen LogP) is 2.92. The van der Waals surface area contributed by atoms with Gasteiger partial charge in [0.1, 0.15) is 6.26 Å². The molecule has 4 rings (SSSR count). The highest BCUT2D eigenvalue weighted by molar-refractivity contribution is 7.89. The van der Waals surface area contributed by atoms with Gasteiger partial charge in [-0.15, -0.1) is 10.2 Å². The number of ether oxygens (including phenoxy) is 2. The molecule has 0 saturated carbocycles. The van der Waals surface area contributed by atoms with Crippen LogP contribution in [0.1, 0.15) is 24.7 Å². The van der Waals surface area contributed by atoms with Crippen LogP contribution in [-0.2, 0) is 10.0 Å². The van der Waals surface area contributed by atoms with Crippen LogP contribution in [0.3, 0.4) is 0 Å². The van der Waals surface area contributed by atoms with Gasteiger partial charge in [0.2, 0.25) is 15.9 Å². The Morgan fingerprint density at radius 1 is 1.07 bits per heavy atom. The summed E-state index contributed by atoms with van der Waals surface area (Å²) in [6, 6.07) is 6.34. The average molecular weight is 419 g/mol. The molecular formula is C19H21N3O6S. The number of methoxy groups -OCH3 is 2. The summed E-state index contributed by atoms with van der Waals surface area (Å²) in [6.07, 6.45) is 4.27. The van der Waals surface area contributed by atoms with E-state index in [9.17, 15) is 8.42 Å². The number of sulfonamides is 1. The monoisotopic (exact) mass is 419 g/mol. The van der Waals surface area contributed by atoms with Gasteiger partial charge in [-0.1, -0.05) is 0 Å². The first kappa shape index (κ1) is 19.5. The molecule has 3 heterocycles. The van der Waals surface area contributed by atoms with Crippen LogP contribution >= 0.6 is 0 Å². The van der Waals surface area contributed by atoms with E-state index in [1.807, 2.05) is 0 Å². The van der Waals surface area contributed by atoms with Crippen LogP contribution in [0, 0.1) is 0 Å². The molecule has 1 aliphatic rings. The van der Waals surface area contributed by atoms with E-state index in [-0.39, 0.29) is 10.8 Å². The van der Waals surface area contributed by atoms with Gasteiger partial charge in [-0.3, -0.25) is 0 Å². The highest BCUT2D eigenvalue weighted by Crippen LogP contribution is 2.34. The second-order valence-electron chi connectivity index (χ2n) is 6.65. The fraction of sp³-hybridized carbons (Fsp3) is 0.368. The first-order valence-corrected chi connectivity index (χ1v) is 10.5. The van der Waals surface area contributed by atoms with E-state index in [1.165, 1.54) is 43.2 Å². The van der Waals surface area contributed by atoms with Crippen molar-refractivity contribution in [3.05, 3.63) is 42.7 Å². The van der Waals surface area contributed by atoms with Crippen molar-refractivity contribution in [3.63, 3.8) is 0 Å². The molecule has 1 aromatic carbocycles. The van der Waals surface area contributed by atoms with Crippen molar-refractivity contribution in [3.8, 4) is 23.0 Å². The van der Waals surface area contributed by atoms with Crippen LogP contribution in [0.5, 0.6) is 11.5 Å². The number of rotatable bonds is 6. The summed E-state index contributed by atoms with van der Waals surface area (Å²) in [5.74, 6) is 1.79. The molecule has 0 amide bonds. The largest absolute Gasteiger partial charge is 0.493 e. The Morgan fingerprint density at radius 3 is 2.48 bits per heavy atom. The molecular weight excluding hydrogens is 398 g/mol. The van der Waals surface area contributed by atoms with E-state index in [0.29, 0.717) is 49.2 Å². The SMILES string of the molecule is COc1ccc(S(=O)(=O)N2CCC(c3nnc(-c4ccoc4)o3)CC2)cc1OC. The maximum Gasteiger partial charge on any atom is 0.250 e. The molecule has 0 spiro atoms. The van der Waals surface area contributed by atoms with Gasteiger partial charge in [0.25, 0.3) is 5.89 Å². The summed E-state index contributed by atoms with van der Waals surface area (Å²) < 4.78 is 48.7. The Labute approximate surface area is 168 Å². The molecule has 10 heteroatoms. The van der Waals surface area contributed by atoms with Crippen LogP contribution < -0.4 is 9.47 Å². The predicted molar refractivity (Wildman–Crippen MR) is 102 cm³/mol. The zero-order valence-corrected chi connectivity index (χ0v) is 16.9. The average Bonchev–Trinajstić information content (AvgIpc) is 3.45. The van der Waals surface area contributed by atoms with E-state index >= 15 is 0 Å². The molecule has 0 N–H and O–H groups in total. The molecule has 0 radical (unpaired) electrons.